The molecule has 0 spiro atoms. The molecule has 0 bridgehead atoms. The maximum Gasteiger partial charge on any atom is 0.163 e. The summed E-state index contributed by atoms with van der Waals surface area (Å²) in [6.45, 7) is 1.45. The number of nitrogens with one attached hydrogen (secondary N) is 1. The zero-order chi connectivity index (χ0) is 14.9. The van der Waals surface area contributed by atoms with Gasteiger partial charge in [-0.2, -0.15) is 0 Å². The Kier molecular flexibility index (Phi) is 4.41. The summed E-state index contributed by atoms with van der Waals surface area (Å²) in [5.74, 6) is 3.48. The first-order chi connectivity index (χ1) is 9.38. The molecule has 2 unspecified atom stereocenters. The summed E-state index contributed by atoms with van der Waals surface area (Å²) in [7, 11) is -3.35. The Labute approximate surface area is 117 Å². The first-order valence-electron chi connectivity index (χ1n) is 6.50. The average molecular weight is 304 g/mol. The monoisotopic (exact) mass is 304 g/mol. The van der Waals surface area contributed by atoms with E-state index in [9.17, 15) is 17.2 Å². The van der Waals surface area contributed by atoms with E-state index in [1.807, 2.05) is 0 Å². The Morgan fingerprint density at radius 1 is 1.30 bits per heavy atom. The molecule has 1 fully saturated rings. The van der Waals surface area contributed by atoms with Crippen LogP contribution in [0.1, 0.15) is 36.4 Å². The van der Waals surface area contributed by atoms with Gasteiger partial charge in [-0.25, -0.2) is 17.2 Å². The number of halogens is 2. The Bertz CT molecular complexity index is 605. The Hall–Kier alpha value is -1.05. The smallest absolute Gasteiger partial charge is 0.163 e. The van der Waals surface area contributed by atoms with Crippen molar-refractivity contribution in [2.75, 3.05) is 5.75 Å². The fourth-order valence-corrected chi connectivity index (χ4v) is 4.73. The molecule has 0 radical (unpaired) electrons. The van der Waals surface area contributed by atoms with E-state index in [1.54, 1.807) is 0 Å². The first-order valence-corrected chi connectivity index (χ1v) is 8.22. The molecule has 7 heteroatoms. The second-order valence-electron chi connectivity index (χ2n) is 5.15. The SMILES string of the molecule is Cc1ccc(C(NN)C2CCCCS2(=O)=O)c(F)c1F. The first kappa shape index (κ1) is 15.3. The highest BCUT2D eigenvalue weighted by atomic mass is 32.2. The number of hydrogen-bond acceptors (Lipinski definition) is 4. The van der Waals surface area contributed by atoms with Crippen molar-refractivity contribution in [1.29, 1.82) is 0 Å². The lowest BCUT2D eigenvalue weighted by Crippen LogP contribution is -2.43. The van der Waals surface area contributed by atoms with Crippen LogP contribution in [0, 0.1) is 18.6 Å². The van der Waals surface area contributed by atoms with Gasteiger partial charge in [0.2, 0.25) is 0 Å². The predicted octanol–water partition coefficient (Wildman–Crippen LogP) is 1.74. The molecule has 112 valence electrons. The zero-order valence-electron chi connectivity index (χ0n) is 11.2. The number of nitrogens with two attached hydrogens (primary N) is 1. The van der Waals surface area contributed by atoms with Crippen LogP contribution in [0.2, 0.25) is 0 Å². The van der Waals surface area contributed by atoms with Crippen molar-refractivity contribution in [1.82, 2.24) is 5.43 Å². The molecule has 3 N–H and O–H groups in total. The largest absolute Gasteiger partial charge is 0.271 e. The second-order valence-corrected chi connectivity index (χ2v) is 7.48. The molecule has 0 amide bonds. The molecule has 0 saturated carbocycles. The van der Waals surface area contributed by atoms with Crippen molar-refractivity contribution in [2.45, 2.75) is 37.5 Å². The summed E-state index contributed by atoms with van der Waals surface area (Å²) < 4.78 is 51.9. The third-order valence-electron chi connectivity index (χ3n) is 3.82. The van der Waals surface area contributed by atoms with Gasteiger partial charge >= 0.3 is 0 Å². The van der Waals surface area contributed by atoms with E-state index in [0.717, 1.165) is 6.42 Å². The average Bonchev–Trinajstić information content (AvgIpc) is 2.40. The van der Waals surface area contributed by atoms with E-state index in [2.05, 4.69) is 5.43 Å². The standard InChI is InChI=1S/C13H18F2N2O2S/c1-8-5-6-9(12(15)11(8)14)13(17-16)10-4-2-3-7-20(10,18)19/h5-6,10,13,17H,2-4,7,16H2,1H3. The van der Waals surface area contributed by atoms with Gasteiger partial charge in [0, 0.05) is 5.56 Å². The number of hydrazine groups is 1. The number of sulfone groups is 1. The van der Waals surface area contributed by atoms with Crippen LogP contribution in [0.15, 0.2) is 12.1 Å². The third kappa shape index (κ3) is 2.70. The summed E-state index contributed by atoms with van der Waals surface area (Å²) >= 11 is 0. The topological polar surface area (TPSA) is 72.2 Å². The minimum absolute atomic E-state index is 0.0360. The Morgan fingerprint density at radius 2 is 2.00 bits per heavy atom. The van der Waals surface area contributed by atoms with Gasteiger partial charge in [-0.1, -0.05) is 18.6 Å². The van der Waals surface area contributed by atoms with Gasteiger partial charge in [0.1, 0.15) is 0 Å². The fourth-order valence-electron chi connectivity index (χ4n) is 2.65. The molecule has 1 aliphatic rings. The van der Waals surface area contributed by atoms with E-state index >= 15 is 0 Å². The van der Waals surface area contributed by atoms with Crippen LogP contribution >= 0.6 is 0 Å². The fraction of sp³-hybridized carbons (Fsp3) is 0.538. The van der Waals surface area contributed by atoms with Crippen LogP contribution in [-0.2, 0) is 9.84 Å². The highest BCUT2D eigenvalue weighted by molar-refractivity contribution is 7.92. The minimum Gasteiger partial charge on any atom is -0.271 e. The molecule has 2 atom stereocenters. The molecule has 1 aromatic rings. The van der Waals surface area contributed by atoms with Crippen molar-refractivity contribution in [3.8, 4) is 0 Å². The van der Waals surface area contributed by atoms with E-state index in [1.165, 1.54) is 19.1 Å². The maximum atomic E-state index is 14.0. The molecular formula is C13H18F2N2O2S. The van der Waals surface area contributed by atoms with Gasteiger partial charge in [-0.3, -0.25) is 11.3 Å². The van der Waals surface area contributed by atoms with Crippen LogP contribution in [0.25, 0.3) is 0 Å². The Balaban J connectivity index is 2.45. The van der Waals surface area contributed by atoms with E-state index < -0.39 is 32.8 Å². The minimum atomic E-state index is -3.35. The van der Waals surface area contributed by atoms with Crippen LogP contribution in [0.4, 0.5) is 8.78 Å². The lowest BCUT2D eigenvalue weighted by molar-refractivity contribution is 0.424. The zero-order valence-corrected chi connectivity index (χ0v) is 12.0. The predicted molar refractivity (Wildman–Crippen MR) is 72.6 cm³/mol. The number of aryl methyl sites for hydroxylation is 1. The molecule has 1 heterocycles. The second kappa shape index (κ2) is 5.75. The van der Waals surface area contributed by atoms with Gasteiger partial charge in [-0.05, 0) is 25.3 Å². The van der Waals surface area contributed by atoms with Gasteiger partial charge in [0.05, 0.1) is 17.0 Å². The summed E-state index contributed by atoms with van der Waals surface area (Å²) in [4.78, 5) is 0. The molecule has 0 aromatic heterocycles. The molecule has 1 saturated heterocycles. The Morgan fingerprint density at radius 3 is 2.60 bits per heavy atom. The number of rotatable bonds is 3. The molecule has 4 nitrogen and oxygen atoms in total. The van der Waals surface area contributed by atoms with Gasteiger partial charge in [0.25, 0.3) is 0 Å². The lowest BCUT2D eigenvalue weighted by Gasteiger charge is -2.30. The summed E-state index contributed by atoms with van der Waals surface area (Å²) in [6.07, 6.45) is 1.73. The normalized spacial score (nSPS) is 23.5. The van der Waals surface area contributed by atoms with Gasteiger partial charge in [0.15, 0.2) is 21.5 Å². The maximum absolute atomic E-state index is 14.0. The summed E-state index contributed by atoms with van der Waals surface area (Å²) in [5, 5.41) is -0.821. The van der Waals surface area contributed by atoms with Crippen LogP contribution in [0.5, 0.6) is 0 Å². The van der Waals surface area contributed by atoms with Gasteiger partial charge < -0.3 is 0 Å². The number of hydrogen-bond donors (Lipinski definition) is 2. The van der Waals surface area contributed by atoms with Crippen molar-refractivity contribution < 1.29 is 17.2 Å². The molecule has 1 aromatic carbocycles. The quantitative estimate of drug-likeness (QED) is 0.659. The van der Waals surface area contributed by atoms with Crippen molar-refractivity contribution in [3.05, 3.63) is 34.9 Å². The van der Waals surface area contributed by atoms with E-state index in [4.69, 9.17) is 5.84 Å². The van der Waals surface area contributed by atoms with Crippen LogP contribution in [0.3, 0.4) is 0 Å². The molecule has 20 heavy (non-hydrogen) atoms. The van der Waals surface area contributed by atoms with E-state index in [0.29, 0.717) is 12.8 Å². The van der Waals surface area contributed by atoms with Crippen molar-refractivity contribution >= 4 is 9.84 Å². The van der Waals surface area contributed by atoms with Crippen molar-refractivity contribution in [3.63, 3.8) is 0 Å². The lowest BCUT2D eigenvalue weighted by atomic mass is 9.98. The third-order valence-corrected chi connectivity index (χ3v) is 6.11. The molecule has 0 aliphatic carbocycles. The summed E-state index contributed by atoms with van der Waals surface area (Å²) in [5.41, 5.74) is 2.48. The highest BCUT2D eigenvalue weighted by Gasteiger charge is 2.37. The van der Waals surface area contributed by atoms with E-state index in [-0.39, 0.29) is 16.9 Å². The highest BCUT2D eigenvalue weighted by Crippen LogP contribution is 2.32. The number of benzene rings is 1. The summed E-state index contributed by atoms with van der Waals surface area (Å²) in [6, 6.07) is 1.88. The van der Waals surface area contributed by atoms with Crippen LogP contribution < -0.4 is 11.3 Å². The van der Waals surface area contributed by atoms with Gasteiger partial charge in [-0.15, -0.1) is 0 Å². The molecule has 2 rings (SSSR count). The molecule has 1 aliphatic heterocycles. The molecular weight excluding hydrogens is 286 g/mol. The van der Waals surface area contributed by atoms with Crippen molar-refractivity contribution in [2.24, 2.45) is 5.84 Å². The van der Waals surface area contributed by atoms with Crippen LogP contribution in [-0.4, -0.2) is 19.4 Å².